The number of carbonyl (C=O) groups excluding carboxylic acids is 2. The van der Waals surface area contributed by atoms with Crippen molar-refractivity contribution in [2.45, 2.75) is 57.2 Å². The van der Waals surface area contributed by atoms with Gasteiger partial charge in [0.05, 0.1) is 19.1 Å². The van der Waals surface area contributed by atoms with Gasteiger partial charge in [-0.2, -0.15) is 0 Å². The number of hydrogen-bond acceptors (Lipinski definition) is 4. The first-order chi connectivity index (χ1) is 11.7. The average molecular weight is 331 g/mol. The summed E-state index contributed by atoms with van der Waals surface area (Å²) in [6, 6.07) is 7.29. The van der Waals surface area contributed by atoms with Gasteiger partial charge in [0.15, 0.2) is 0 Å². The summed E-state index contributed by atoms with van der Waals surface area (Å²) < 4.78 is 5.38. The molecule has 24 heavy (non-hydrogen) atoms. The number of piperazine rings is 1. The van der Waals surface area contributed by atoms with Crippen molar-refractivity contribution in [2.75, 3.05) is 11.9 Å². The monoisotopic (exact) mass is 331 g/mol. The first-order valence-corrected chi connectivity index (χ1v) is 8.75. The number of ether oxygens (including phenoxy) is 1. The molecule has 3 atom stereocenters. The van der Waals surface area contributed by atoms with Crippen molar-refractivity contribution >= 4 is 17.5 Å². The van der Waals surface area contributed by atoms with Crippen molar-refractivity contribution in [1.82, 2.24) is 10.6 Å². The Morgan fingerprint density at radius 2 is 1.92 bits per heavy atom. The number of rotatable bonds is 5. The maximum atomic E-state index is 12.2. The van der Waals surface area contributed by atoms with E-state index in [4.69, 9.17) is 4.74 Å². The summed E-state index contributed by atoms with van der Waals surface area (Å²) in [5, 5.41) is 9.25. The predicted molar refractivity (Wildman–Crippen MR) is 92.0 cm³/mol. The largest absolute Gasteiger partial charge is 0.494 e. The lowest BCUT2D eigenvalue weighted by Crippen LogP contribution is -2.65. The van der Waals surface area contributed by atoms with Crippen LogP contribution < -0.4 is 20.7 Å². The maximum absolute atomic E-state index is 12.2. The van der Waals surface area contributed by atoms with E-state index >= 15 is 0 Å². The van der Waals surface area contributed by atoms with Gasteiger partial charge in [0, 0.05) is 17.8 Å². The molecule has 1 aromatic carbocycles. The van der Waals surface area contributed by atoms with Crippen LogP contribution in [0.15, 0.2) is 24.3 Å². The first-order valence-electron chi connectivity index (χ1n) is 8.75. The Bertz CT molecular complexity index is 588. The molecule has 1 saturated heterocycles. The Labute approximate surface area is 142 Å². The smallest absolute Gasteiger partial charge is 0.237 e. The molecule has 1 aromatic rings. The molecule has 6 heteroatoms. The summed E-state index contributed by atoms with van der Waals surface area (Å²) in [6.07, 6.45) is 4.56. The molecule has 1 saturated carbocycles. The normalized spacial score (nSPS) is 26.2. The van der Waals surface area contributed by atoms with Gasteiger partial charge in [-0.15, -0.1) is 0 Å². The van der Waals surface area contributed by atoms with Crippen LogP contribution in [0.25, 0.3) is 0 Å². The van der Waals surface area contributed by atoms with Crippen LogP contribution in [0.4, 0.5) is 5.69 Å². The van der Waals surface area contributed by atoms with E-state index in [0.29, 0.717) is 18.3 Å². The third-order valence-electron chi connectivity index (χ3n) is 4.66. The van der Waals surface area contributed by atoms with Crippen molar-refractivity contribution in [3.8, 4) is 5.75 Å². The van der Waals surface area contributed by atoms with Gasteiger partial charge in [0.25, 0.3) is 0 Å². The number of amides is 2. The molecule has 3 unspecified atom stereocenters. The maximum Gasteiger partial charge on any atom is 0.237 e. The third-order valence-corrected chi connectivity index (χ3v) is 4.66. The molecule has 1 heterocycles. The van der Waals surface area contributed by atoms with E-state index in [-0.39, 0.29) is 24.3 Å². The van der Waals surface area contributed by atoms with Crippen LogP contribution in [-0.4, -0.2) is 36.5 Å². The fourth-order valence-electron chi connectivity index (χ4n) is 3.47. The second-order valence-electron chi connectivity index (χ2n) is 6.43. The Balaban J connectivity index is 1.53. The molecular weight excluding hydrogens is 306 g/mol. The Morgan fingerprint density at radius 3 is 2.62 bits per heavy atom. The Hall–Kier alpha value is -2.08. The van der Waals surface area contributed by atoms with Gasteiger partial charge < -0.3 is 20.7 Å². The number of benzene rings is 1. The average Bonchev–Trinajstić information content (AvgIpc) is 2.57. The molecule has 2 amide bonds. The van der Waals surface area contributed by atoms with E-state index < -0.39 is 6.04 Å². The van der Waals surface area contributed by atoms with Crippen LogP contribution in [0, 0.1) is 0 Å². The van der Waals surface area contributed by atoms with Crippen LogP contribution in [-0.2, 0) is 9.59 Å². The molecule has 0 aromatic heterocycles. The quantitative estimate of drug-likeness (QED) is 0.769. The Morgan fingerprint density at radius 1 is 1.21 bits per heavy atom. The fraction of sp³-hybridized carbons (Fsp3) is 0.556. The van der Waals surface area contributed by atoms with Gasteiger partial charge in [-0.1, -0.05) is 12.8 Å². The van der Waals surface area contributed by atoms with E-state index in [2.05, 4.69) is 16.0 Å². The standard InChI is InChI=1S/C18H25N3O3/c1-2-24-13-9-7-12(8-10-13)19-17(22)11-16-18(23)21-15-6-4-3-5-14(15)20-16/h7-10,14-16,20H,2-6,11H2,1H3,(H,19,22)(H,21,23). The molecule has 0 radical (unpaired) electrons. The summed E-state index contributed by atoms with van der Waals surface area (Å²) in [6.45, 7) is 2.53. The van der Waals surface area contributed by atoms with Crippen LogP contribution in [0.1, 0.15) is 39.0 Å². The molecule has 2 fully saturated rings. The summed E-state index contributed by atoms with van der Waals surface area (Å²) >= 11 is 0. The minimum Gasteiger partial charge on any atom is -0.494 e. The zero-order chi connectivity index (χ0) is 16.9. The zero-order valence-corrected chi connectivity index (χ0v) is 14.0. The van der Waals surface area contributed by atoms with Gasteiger partial charge in [-0.25, -0.2) is 0 Å². The van der Waals surface area contributed by atoms with Crippen LogP contribution in [0.3, 0.4) is 0 Å². The highest BCUT2D eigenvalue weighted by Gasteiger charge is 2.36. The minimum absolute atomic E-state index is 0.0695. The van der Waals surface area contributed by atoms with Gasteiger partial charge in [0.2, 0.25) is 11.8 Å². The first kappa shape index (κ1) is 16.8. The molecule has 0 bridgehead atoms. The number of nitrogens with one attached hydrogen (secondary N) is 3. The van der Waals surface area contributed by atoms with Gasteiger partial charge >= 0.3 is 0 Å². The van der Waals surface area contributed by atoms with Crippen molar-refractivity contribution in [3.05, 3.63) is 24.3 Å². The summed E-state index contributed by atoms with van der Waals surface area (Å²) in [5.41, 5.74) is 0.704. The van der Waals surface area contributed by atoms with Crippen LogP contribution in [0.5, 0.6) is 5.75 Å². The van der Waals surface area contributed by atoms with E-state index in [0.717, 1.165) is 25.0 Å². The lowest BCUT2D eigenvalue weighted by Gasteiger charge is -2.40. The summed E-state index contributed by atoms with van der Waals surface area (Å²) in [5.74, 6) is 0.535. The molecule has 130 valence electrons. The highest BCUT2D eigenvalue weighted by Crippen LogP contribution is 2.22. The lowest BCUT2D eigenvalue weighted by atomic mass is 9.87. The molecule has 3 N–H and O–H groups in total. The number of fused-ring (bicyclic) bond motifs is 1. The van der Waals surface area contributed by atoms with E-state index in [1.165, 1.54) is 6.42 Å². The minimum atomic E-state index is -0.452. The van der Waals surface area contributed by atoms with Gasteiger partial charge in [-0.05, 0) is 44.0 Å². The predicted octanol–water partition coefficient (Wildman–Crippen LogP) is 1.81. The molecule has 3 rings (SSSR count). The molecule has 2 aliphatic rings. The third kappa shape index (κ3) is 4.06. The highest BCUT2D eigenvalue weighted by atomic mass is 16.5. The zero-order valence-electron chi connectivity index (χ0n) is 14.0. The van der Waals surface area contributed by atoms with Crippen molar-refractivity contribution in [2.24, 2.45) is 0 Å². The number of hydrogen-bond donors (Lipinski definition) is 3. The van der Waals surface area contributed by atoms with Crippen molar-refractivity contribution in [1.29, 1.82) is 0 Å². The van der Waals surface area contributed by atoms with E-state index in [9.17, 15) is 9.59 Å². The van der Waals surface area contributed by atoms with Crippen molar-refractivity contribution < 1.29 is 14.3 Å². The van der Waals surface area contributed by atoms with Crippen LogP contribution >= 0.6 is 0 Å². The van der Waals surface area contributed by atoms with Crippen LogP contribution in [0.2, 0.25) is 0 Å². The SMILES string of the molecule is CCOc1ccc(NC(=O)CC2NC3CCCCC3NC2=O)cc1. The molecule has 6 nitrogen and oxygen atoms in total. The second-order valence-corrected chi connectivity index (χ2v) is 6.43. The molecular formula is C18H25N3O3. The molecule has 1 aliphatic heterocycles. The van der Waals surface area contributed by atoms with Crippen molar-refractivity contribution in [3.63, 3.8) is 0 Å². The highest BCUT2D eigenvalue weighted by molar-refractivity contribution is 5.95. The number of carbonyl (C=O) groups is 2. The van der Waals surface area contributed by atoms with E-state index in [1.54, 1.807) is 12.1 Å². The summed E-state index contributed by atoms with van der Waals surface area (Å²) in [4.78, 5) is 24.4. The topological polar surface area (TPSA) is 79.5 Å². The fourth-order valence-corrected chi connectivity index (χ4v) is 3.47. The van der Waals surface area contributed by atoms with Gasteiger partial charge in [-0.3, -0.25) is 9.59 Å². The Kier molecular flexibility index (Phi) is 5.35. The van der Waals surface area contributed by atoms with Gasteiger partial charge in [0.1, 0.15) is 5.75 Å². The lowest BCUT2D eigenvalue weighted by molar-refractivity contribution is -0.129. The summed E-state index contributed by atoms with van der Waals surface area (Å²) in [7, 11) is 0. The second kappa shape index (κ2) is 7.66. The molecule has 0 spiro atoms. The number of anilines is 1. The van der Waals surface area contributed by atoms with E-state index in [1.807, 2.05) is 19.1 Å². The molecule has 1 aliphatic carbocycles.